The average Bonchev–Trinajstić information content (AvgIpc) is 2.98. The van der Waals surface area contributed by atoms with Crippen LogP contribution in [0.5, 0.6) is 0 Å². The van der Waals surface area contributed by atoms with E-state index in [1.54, 1.807) is 12.1 Å². The van der Waals surface area contributed by atoms with E-state index in [9.17, 15) is 8.42 Å². The van der Waals surface area contributed by atoms with Crippen molar-refractivity contribution in [2.45, 2.75) is 24.8 Å². The summed E-state index contributed by atoms with van der Waals surface area (Å²) in [6, 6.07) is 7.14. The Balaban J connectivity index is 1.73. The Bertz CT molecular complexity index is 586. The van der Waals surface area contributed by atoms with Gasteiger partial charge in [0.25, 0.3) is 0 Å². The number of hydrogen-bond donors (Lipinski definition) is 2. The van der Waals surface area contributed by atoms with Crippen LogP contribution in [0.2, 0.25) is 0 Å². The van der Waals surface area contributed by atoms with Gasteiger partial charge in [-0.1, -0.05) is 0 Å². The molecule has 2 heterocycles. The molecule has 0 radical (unpaired) electrons. The van der Waals surface area contributed by atoms with Crippen LogP contribution in [0, 0.1) is 11.8 Å². The summed E-state index contributed by atoms with van der Waals surface area (Å²) in [5.74, 6) is 1.46. The van der Waals surface area contributed by atoms with Gasteiger partial charge in [0.05, 0.1) is 4.90 Å². The Morgan fingerprint density at radius 3 is 2.24 bits per heavy atom. The van der Waals surface area contributed by atoms with Crippen LogP contribution in [0.3, 0.4) is 0 Å². The predicted molar refractivity (Wildman–Crippen MR) is 84.0 cm³/mol. The van der Waals surface area contributed by atoms with E-state index in [2.05, 4.69) is 14.9 Å². The number of fused-ring (bicyclic) bond motifs is 1. The molecule has 116 valence electrons. The molecule has 2 aliphatic heterocycles. The SMILES string of the molecule is CC(C)NS(=O)(=O)c1ccc(N2C[C@H]3CNC[C@H]3C2)cc1. The predicted octanol–water partition coefficient (Wildman–Crippen LogP) is 1.03. The summed E-state index contributed by atoms with van der Waals surface area (Å²) in [5, 5.41) is 3.43. The maximum atomic E-state index is 12.1. The first-order chi connectivity index (χ1) is 9.95. The molecule has 2 saturated heterocycles. The molecule has 2 atom stereocenters. The Morgan fingerprint density at radius 1 is 1.14 bits per heavy atom. The lowest BCUT2D eigenvalue weighted by molar-refractivity contribution is 0.533. The summed E-state index contributed by atoms with van der Waals surface area (Å²) in [4.78, 5) is 2.70. The van der Waals surface area contributed by atoms with Crippen molar-refractivity contribution >= 4 is 15.7 Å². The normalized spacial score (nSPS) is 25.6. The van der Waals surface area contributed by atoms with Gasteiger partial charge < -0.3 is 10.2 Å². The fourth-order valence-electron chi connectivity index (χ4n) is 3.28. The first-order valence-corrected chi connectivity index (χ1v) is 9.02. The molecular weight excluding hydrogens is 286 g/mol. The van der Waals surface area contributed by atoms with Crippen LogP contribution in [-0.4, -0.2) is 40.6 Å². The van der Waals surface area contributed by atoms with Crippen LogP contribution in [0.1, 0.15) is 13.8 Å². The van der Waals surface area contributed by atoms with Crippen molar-refractivity contribution in [2.24, 2.45) is 11.8 Å². The van der Waals surface area contributed by atoms with Gasteiger partial charge in [-0.15, -0.1) is 0 Å². The Labute approximate surface area is 126 Å². The third kappa shape index (κ3) is 3.07. The van der Waals surface area contributed by atoms with Gasteiger partial charge in [0.15, 0.2) is 0 Å². The highest BCUT2D eigenvalue weighted by Crippen LogP contribution is 2.30. The van der Waals surface area contributed by atoms with E-state index in [1.165, 1.54) is 0 Å². The molecule has 0 saturated carbocycles. The number of nitrogens with one attached hydrogen (secondary N) is 2. The second kappa shape index (κ2) is 5.59. The van der Waals surface area contributed by atoms with Crippen molar-refractivity contribution in [3.05, 3.63) is 24.3 Å². The Hall–Kier alpha value is -1.11. The van der Waals surface area contributed by atoms with E-state index < -0.39 is 10.0 Å². The lowest BCUT2D eigenvalue weighted by Gasteiger charge is -2.20. The molecule has 2 aliphatic rings. The molecule has 6 heteroatoms. The van der Waals surface area contributed by atoms with Crippen molar-refractivity contribution in [1.82, 2.24) is 10.0 Å². The quantitative estimate of drug-likeness (QED) is 0.872. The van der Waals surface area contributed by atoms with Gasteiger partial charge in [-0.05, 0) is 49.9 Å². The minimum Gasteiger partial charge on any atom is -0.371 e. The molecule has 0 aliphatic carbocycles. The molecule has 1 aromatic rings. The first-order valence-electron chi connectivity index (χ1n) is 7.54. The van der Waals surface area contributed by atoms with Crippen molar-refractivity contribution in [1.29, 1.82) is 0 Å². The van der Waals surface area contributed by atoms with E-state index in [0.29, 0.717) is 4.90 Å². The topological polar surface area (TPSA) is 61.4 Å². The molecule has 2 N–H and O–H groups in total. The van der Waals surface area contributed by atoms with Crippen molar-refractivity contribution in [2.75, 3.05) is 31.1 Å². The van der Waals surface area contributed by atoms with E-state index in [1.807, 2.05) is 26.0 Å². The van der Waals surface area contributed by atoms with Crippen molar-refractivity contribution in [3.8, 4) is 0 Å². The molecule has 0 unspecified atom stereocenters. The lowest BCUT2D eigenvalue weighted by Crippen LogP contribution is -2.30. The molecular formula is C15H23N3O2S. The number of hydrogen-bond acceptors (Lipinski definition) is 4. The van der Waals surface area contributed by atoms with Gasteiger partial charge in [0.2, 0.25) is 10.0 Å². The van der Waals surface area contributed by atoms with E-state index in [4.69, 9.17) is 0 Å². The van der Waals surface area contributed by atoms with Crippen LogP contribution in [0.25, 0.3) is 0 Å². The molecule has 0 aromatic heterocycles. The maximum Gasteiger partial charge on any atom is 0.240 e. The van der Waals surface area contributed by atoms with Gasteiger partial charge >= 0.3 is 0 Å². The van der Waals surface area contributed by atoms with Crippen molar-refractivity contribution in [3.63, 3.8) is 0 Å². The molecule has 0 amide bonds. The zero-order chi connectivity index (χ0) is 15.0. The lowest BCUT2D eigenvalue weighted by atomic mass is 10.0. The molecule has 3 rings (SSSR count). The summed E-state index contributed by atoms with van der Waals surface area (Å²) in [6.07, 6.45) is 0. The third-order valence-electron chi connectivity index (χ3n) is 4.29. The molecule has 5 nitrogen and oxygen atoms in total. The highest BCUT2D eigenvalue weighted by molar-refractivity contribution is 7.89. The largest absolute Gasteiger partial charge is 0.371 e. The van der Waals surface area contributed by atoms with E-state index >= 15 is 0 Å². The zero-order valence-electron chi connectivity index (χ0n) is 12.5. The van der Waals surface area contributed by atoms with Crippen LogP contribution in [0.4, 0.5) is 5.69 Å². The molecule has 2 fully saturated rings. The average molecular weight is 309 g/mol. The van der Waals surface area contributed by atoms with Gasteiger partial charge in [-0.25, -0.2) is 13.1 Å². The number of rotatable bonds is 4. The second-order valence-electron chi connectivity index (χ2n) is 6.35. The highest BCUT2D eigenvalue weighted by Gasteiger charge is 2.36. The van der Waals surface area contributed by atoms with E-state index in [-0.39, 0.29) is 6.04 Å². The molecule has 0 bridgehead atoms. The molecule has 1 aromatic carbocycles. The number of anilines is 1. The summed E-state index contributed by atoms with van der Waals surface area (Å²) in [5.41, 5.74) is 1.12. The summed E-state index contributed by atoms with van der Waals surface area (Å²) < 4.78 is 26.8. The monoisotopic (exact) mass is 309 g/mol. The number of benzene rings is 1. The number of sulfonamides is 1. The standard InChI is InChI=1S/C15H23N3O2S/c1-11(2)17-21(19,20)15-5-3-14(4-6-15)18-9-12-7-16-8-13(12)10-18/h3-6,11-13,16-17H,7-10H2,1-2H3/t12-,13+. The first kappa shape index (κ1) is 14.8. The summed E-state index contributed by atoms with van der Waals surface area (Å²) >= 11 is 0. The maximum absolute atomic E-state index is 12.1. The van der Waals surface area contributed by atoms with Crippen LogP contribution < -0.4 is 14.9 Å². The van der Waals surface area contributed by atoms with Crippen LogP contribution in [0.15, 0.2) is 29.2 Å². The second-order valence-corrected chi connectivity index (χ2v) is 8.07. The van der Waals surface area contributed by atoms with Crippen LogP contribution >= 0.6 is 0 Å². The van der Waals surface area contributed by atoms with E-state index in [0.717, 1.165) is 43.7 Å². The minimum atomic E-state index is -3.39. The Kier molecular flexibility index (Phi) is 3.94. The minimum absolute atomic E-state index is 0.0971. The summed E-state index contributed by atoms with van der Waals surface area (Å²) in [7, 11) is -3.39. The van der Waals surface area contributed by atoms with Crippen molar-refractivity contribution < 1.29 is 8.42 Å². The zero-order valence-corrected chi connectivity index (χ0v) is 13.4. The highest BCUT2D eigenvalue weighted by atomic mass is 32.2. The van der Waals surface area contributed by atoms with Gasteiger partial charge in [0, 0.05) is 37.9 Å². The van der Waals surface area contributed by atoms with Crippen LogP contribution in [-0.2, 0) is 10.0 Å². The number of nitrogens with zero attached hydrogens (tertiary/aromatic N) is 1. The van der Waals surface area contributed by atoms with Gasteiger partial charge in [0.1, 0.15) is 0 Å². The third-order valence-corrected chi connectivity index (χ3v) is 5.97. The Morgan fingerprint density at radius 2 is 1.71 bits per heavy atom. The fraction of sp³-hybridized carbons (Fsp3) is 0.600. The smallest absolute Gasteiger partial charge is 0.240 e. The fourth-order valence-corrected chi connectivity index (χ4v) is 4.53. The van der Waals surface area contributed by atoms with Gasteiger partial charge in [-0.3, -0.25) is 0 Å². The summed E-state index contributed by atoms with van der Waals surface area (Å²) in [6.45, 7) is 7.98. The molecule has 0 spiro atoms. The molecule has 21 heavy (non-hydrogen) atoms. The van der Waals surface area contributed by atoms with Gasteiger partial charge in [-0.2, -0.15) is 0 Å².